The third kappa shape index (κ3) is 3.57. The Balaban J connectivity index is 2.30. The fourth-order valence-corrected chi connectivity index (χ4v) is 2.51. The van der Waals surface area contributed by atoms with Crippen molar-refractivity contribution in [3.8, 4) is 0 Å². The SMILES string of the molecule is Cc1cc(C(=O)c2cccc(CC(C)C)c2)ccc1Br. The van der Waals surface area contributed by atoms with Crippen LogP contribution in [-0.2, 0) is 6.42 Å². The number of ketones is 1. The van der Waals surface area contributed by atoms with Crippen LogP contribution >= 0.6 is 15.9 Å². The van der Waals surface area contributed by atoms with Gasteiger partial charge in [0.15, 0.2) is 5.78 Å². The van der Waals surface area contributed by atoms with Crippen molar-refractivity contribution in [2.45, 2.75) is 27.2 Å². The molecule has 0 fully saturated rings. The van der Waals surface area contributed by atoms with Crippen LogP contribution < -0.4 is 0 Å². The molecule has 0 aliphatic carbocycles. The Morgan fingerprint density at radius 1 is 1.10 bits per heavy atom. The Labute approximate surface area is 129 Å². The Morgan fingerprint density at radius 3 is 2.45 bits per heavy atom. The van der Waals surface area contributed by atoms with Gasteiger partial charge in [-0.2, -0.15) is 0 Å². The number of carbonyl (C=O) groups excluding carboxylic acids is 1. The van der Waals surface area contributed by atoms with Crippen LogP contribution in [0.1, 0.15) is 40.9 Å². The summed E-state index contributed by atoms with van der Waals surface area (Å²) in [6, 6.07) is 13.7. The Morgan fingerprint density at radius 2 is 1.80 bits per heavy atom. The normalized spacial score (nSPS) is 10.8. The van der Waals surface area contributed by atoms with Gasteiger partial charge in [-0.3, -0.25) is 4.79 Å². The number of benzene rings is 2. The lowest BCUT2D eigenvalue weighted by atomic mass is 9.97. The van der Waals surface area contributed by atoms with E-state index in [-0.39, 0.29) is 5.78 Å². The first-order chi connectivity index (χ1) is 9.47. The number of aryl methyl sites for hydroxylation is 1. The van der Waals surface area contributed by atoms with E-state index in [9.17, 15) is 4.79 Å². The van der Waals surface area contributed by atoms with Gasteiger partial charge in [0.25, 0.3) is 0 Å². The van der Waals surface area contributed by atoms with Gasteiger partial charge in [-0.1, -0.05) is 48.0 Å². The minimum absolute atomic E-state index is 0.0891. The fourth-order valence-electron chi connectivity index (χ4n) is 2.26. The molecule has 2 heteroatoms. The lowest BCUT2D eigenvalue weighted by Crippen LogP contribution is -2.03. The molecule has 1 nitrogen and oxygen atoms in total. The molecule has 0 amide bonds. The van der Waals surface area contributed by atoms with Gasteiger partial charge < -0.3 is 0 Å². The minimum Gasteiger partial charge on any atom is -0.289 e. The summed E-state index contributed by atoms with van der Waals surface area (Å²) in [5.74, 6) is 0.682. The maximum absolute atomic E-state index is 12.5. The van der Waals surface area contributed by atoms with E-state index in [0.29, 0.717) is 5.92 Å². The van der Waals surface area contributed by atoms with Crippen molar-refractivity contribution in [3.63, 3.8) is 0 Å². The third-order valence-corrected chi connectivity index (χ3v) is 4.14. The van der Waals surface area contributed by atoms with Crippen molar-refractivity contribution in [3.05, 3.63) is 69.2 Å². The van der Waals surface area contributed by atoms with Crippen molar-refractivity contribution in [1.29, 1.82) is 0 Å². The largest absolute Gasteiger partial charge is 0.289 e. The van der Waals surface area contributed by atoms with E-state index in [4.69, 9.17) is 0 Å². The van der Waals surface area contributed by atoms with Gasteiger partial charge in [0.1, 0.15) is 0 Å². The number of halogens is 1. The predicted octanol–water partition coefficient (Wildman–Crippen LogP) is 5.19. The van der Waals surface area contributed by atoms with Gasteiger partial charge in [0, 0.05) is 15.6 Å². The summed E-state index contributed by atoms with van der Waals surface area (Å²) in [6.07, 6.45) is 1.00. The molecule has 0 radical (unpaired) electrons. The van der Waals surface area contributed by atoms with E-state index >= 15 is 0 Å². The molecular weight excluding hydrogens is 312 g/mol. The molecule has 0 atom stereocenters. The Hall–Kier alpha value is -1.41. The van der Waals surface area contributed by atoms with E-state index in [2.05, 4.69) is 35.8 Å². The standard InChI is InChI=1S/C18H19BrO/c1-12(2)9-14-5-4-6-15(11-14)18(20)16-7-8-17(19)13(3)10-16/h4-8,10-12H,9H2,1-3H3. The number of rotatable bonds is 4. The molecule has 0 bridgehead atoms. The summed E-state index contributed by atoms with van der Waals surface area (Å²) >= 11 is 3.46. The second-order valence-electron chi connectivity index (χ2n) is 5.59. The molecule has 2 aromatic carbocycles. The highest BCUT2D eigenvalue weighted by molar-refractivity contribution is 9.10. The molecule has 0 aliphatic heterocycles. The molecular formula is C18H19BrO. The van der Waals surface area contributed by atoms with E-state index in [1.54, 1.807) is 0 Å². The molecule has 0 saturated heterocycles. The van der Waals surface area contributed by atoms with Crippen LogP contribution in [0.15, 0.2) is 46.9 Å². The summed E-state index contributed by atoms with van der Waals surface area (Å²) in [4.78, 5) is 12.5. The predicted molar refractivity (Wildman–Crippen MR) is 87.3 cm³/mol. The van der Waals surface area contributed by atoms with Crippen LogP contribution in [0.3, 0.4) is 0 Å². The molecule has 104 valence electrons. The molecule has 0 N–H and O–H groups in total. The topological polar surface area (TPSA) is 17.1 Å². The molecule has 0 heterocycles. The van der Waals surface area contributed by atoms with Crippen LogP contribution in [-0.4, -0.2) is 5.78 Å². The van der Waals surface area contributed by atoms with Crippen molar-refractivity contribution < 1.29 is 4.79 Å². The molecule has 2 rings (SSSR count). The van der Waals surface area contributed by atoms with Gasteiger partial charge in [0.2, 0.25) is 0 Å². The van der Waals surface area contributed by atoms with E-state index < -0.39 is 0 Å². The molecule has 0 saturated carbocycles. The molecule has 0 aromatic heterocycles. The van der Waals surface area contributed by atoms with E-state index in [0.717, 1.165) is 27.6 Å². The first kappa shape index (κ1) is 15.0. The summed E-state index contributed by atoms with van der Waals surface area (Å²) in [7, 11) is 0. The van der Waals surface area contributed by atoms with Crippen molar-refractivity contribution in [2.75, 3.05) is 0 Å². The Kier molecular flexibility index (Phi) is 4.77. The smallest absolute Gasteiger partial charge is 0.193 e. The van der Waals surface area contributed by atoms with Crippen molar-refractivity contribution >= 4 is 21.7 Å². The van der Waals surface area contributed by atoms with Crippen LogP contribution in [0.4, 0.5) is 0 Å². The fraction of sp³-hybridized carbons (Fsp3) is 0.278. The molecule has 0 unspecified atom stereocenters. The number of hydrogen-bond acceptors (Lipinski definition) is 1. The zero-order valence-electron chi connectivity index (χ0n) is 12.1. The second kappa shape index (κ2) is 6.36. The van der Waals surface area contributed by atoms with Gasteiger partial charge in [-0.15, -0.1) is 0 Å². The second-order valence-corrected chi connectivity index (χ2v) is 6.45. The van der Waals surface area contributed by atoms with Crippen LogP contribution in [0.25, 0.3) is 0 Å². The average Bonchev–Trinajstić information content (AvgIpc) is 2.40. The monoisotopic (exact) mass is 330 g/mol. The van der Waals surface area contributed by atoms with Crippen LogP contribution in [0.5, 0.6) is 0 Å². The number of hydrogen-bond donors (Lipinski definition) is 0. The highest BCUT2D eigenvalue weighted by Gasteiger charge is 2.11. The third-order valence-electron chi connectivity index (χ3n) is 3.25. The summed E-state index contributed by atoms with van der Waals surface area (Å²) in [6.45, 7) is 6.37. The average molecular weight is 331 g/mol. The van der Waals surface area contributed by atoms with Gasteiger partial charge in [0.05, 0.1) is 0 Å². The minimum atomic E-state index is 0.0891. The quantitative estimate of drug-likeness (QED) is 0.705. The first-order valence-corrected chi connectivity index (χ1v) is 7.66. The zero-order chi connectivity index (χ0) is 14.7. The lowest BCUT2D eigenvalue weighted by Gasteiger charge is -2.08. The molecule has 2 aromatic rings. The maximum Gasteiger partial charge on any atom is 0.193 e. The van der Waals surface area contributed by atoms with Gasteiger partial charge in [-0.05, 0) is 54.7 Å². The van der Waals surface area contributed by atoms with E-state index in [1.165, 1.54) is 5.56 Å². The van der Waals surface area contributed by atoms with E-state index in [1.807, 2.05) is 43.3 Å². The zero-order valence-corrected chi connectivity index (χ0v) is 13.7. The van der Waals surface area contributed by atoms with Gasteiger partial charge >= 0.3 is 0 Å². The summed E-state index contributed by atoms with van der Waals surface area (Å²) < 4.78 is 1.03. The van der Waals surface area contributed by atoms with Crippen molar-refractivity contribution in [1.82, 2.24) is 0 Å². The summed E-state index contributed by atoms with van der Waals surface area (Å²) in [5, 5.41) is 0. The molecule has 20 heavy (non-hydrogen) atoms. The molecule has 0 spiro atoms. The lowest BCUT2D eigenvalue weighted by molar-refractivity contribution is 0.103. The Bertz CT molecular complexity index is 629. The van der Waals surface area contributed by atoms with Crippen molar-refractivity contribution in [2.24, 2.45) is 5.92 Å². The maximum atomic E-state index is 12.5. The van der Waals surface area contributed by atoms with Crippen LogP contribution in [0.2, 0.25) is 0 Å². The summed E-state index contributed by atoms with van der Waals surface area (Å²) in [5.41, 5.74) is 3.81. The molecule has 0 aliphatic rings. The highest BCUT2D eigenvalue weighted by Crippen LogP contribution is 2.20. The number of carbonyl (C=O) groups is 1. The van der Waals surface area contributed by atoms with Crippen LogP contribution in [0, 0.1) is 12.8 Å². The first-order valence-electron chi connectivity index (χ1n) is 6.87. The van der Waals surface area contributed by atoms with Gasteiger partial charge in [-0.25, -0.2) is 0 Å². The highest BCUT2D eigenvalue weighted by atomic mass is 79.9.